The molecule has 0 N–H and O–H groups in total. The van der Waals surface area contributed by atoms with E-state index in [4.69, 9.17) is 0 Å². The van der Waals surface area contributed by atoms with Gasteiger partial charge in [-0.25, -0.2) is 0 Å². The van der Waals surface area contributed by atoms with Crippen LogP contribution in [0, 0.1) is 0 Å². The molecule has 1 saturated carbocycles. The smallest absolute Gasteiger partial charge is 0.191 e. The van der Waals surface area contributed by atoms with Crippen molar-refractivity contribution in [3.05, 3.63) is 64.1 Å². The van der Waals surface area contributed by atoms with Crippen molar-refractivity contribution >= 4 is 23.1 Å². The monoisotopic (exact) mass is 355 g/mol. The highest BCUT2D eigenvalue weighted by molar-refractivity contribution is 7.99. The molecule has 124 valence electrons. The minimum Gasteiger partial charge on any atom is -0.303 e. The number of aryl methyl sites for hydroxylation is 1. The van der Waals surface area contributed by atoms with Crippen LogP contribution in [0.4, 0.5) is 0 Å². The highest BCUT2D eigenvalue weighted by atomic mass is 32.2. The first-order valence-corrected chi connectivity index (χ1v) is 10.4. The fourth-order valence-corrected chi connectivity index (χ4v) is 4.54. The van der Waals surface area contributed by atoms with Crippen LogP contribution in [-0.4, -0.2) is 20.5 Å². The second-order valence-corrected chi connectivity index (χ2v) is 8.29. The lowest BCUT2D eigenvalue weighted by molar-refractivity contribution is 0.634. The fourth-order valence-electron chi connectivity index (χ4n) is 2.88. The van der Waals surface area contributed by atoms with Gasteiger partial charge in [0.05, 0.1) is 0 Å². The first-order valence-electron chi connectivity index (χ1n) is 8.53. The number of thioether (sulfide) groups is 1. The van der Waals surface area contributed by atoms with Gasteiger partial charge in [-0.05, 0) is 42.7 Å². The third-order valence-corrected chi connectivity index (χ3v) is 6.15. The van der Waals surface area contributed by atoms with Gasteiger partial charge in [-0.15, -0.1) is 21.5 Å². The Hall–Kier alpha value is -1.59. The van der Waals surface area contributed by atoms with Crippen LogP contribution in [0.2, 0.25) is 0 Å². The highest BCUT2D eigenvalue weighted by Crippen LogP contribution is 2.39. The van der Waals surface area contributed by atoms with Crippen molar-refractivity contribution in [1.82, 2.24) is 14.8 Å². The Morgan fingerprint density at radius 1 is 1.08 bits per heavy atom. The van der Waals surface area contributed by atoms with E-state index in [1.165, 1.54) is 29.7 Å². The molecule has 0 aliphatic heterocycles. The second kappa shape index (κ2) is 7.53. The molecular formula is C19H21N3S2. The van der Waals surface area contributed by atoms with Gasteiger partial charge in [0.25, 0.3) is 0 Å². The Morgan fingerprint density at radius 2 is 1.96 bits per heavy atom. The summed E-state index contributed by atoms with van der Waals surface area (Å²) in [4.78, 5) is 1.37. The molecule has 2 heterocycles. The Bertz CT molecular complexity index is 761. The molecule has 0 amide bonds. The summed E-state index contributed by atoms with van der Waals surface area (Å²) >= 11 is 3.66. The molecule has 24 heavy (non-hydrogen) atoms. The topological polar surface area (TPSA) is 30.7 Å². The molecular weight excluding hydrogens is 334 g/mol. The quantitative estimate of drug-likeness (QED) is 0.421. The van der Waals surface area contributed by atoms with Crippen LogP contribution >= 0.6 is 23.1 Å². The summed E-state index contributed by atoms with van der Waals surface area (Å²) in [5, 5.41) is 12.2. The maximum atomic E-state index is 4.49. The zero-order valence-corrected chi connectivity index (χ0v) is 15.2. The van der Waals surface area contributed by atoms with E-state index >= 15 is 0 Å². The van der Waals surface area contributed by atoms with Crippen molar-refractivity contribution in [3.63, 3.8) is 0 Å². The van der Waals surface area contributed by atoms with E-state index < -0.39 is 0 Å². The summed E-state index contributed by atoms with van der Waals surface area (Å²) in [6.45, 7) is 0. The zero-order chi connectivity index (χ0) is 16.2. The van der Waals surface area contributed by atoms with Gasteiger partial charge in [-0.3, -0.25) is 0 Å². The van der Waals surface area contributed by atoms with Gasteiger partial charge < -0.3 is 4.57 Å². The van der Waals surface area contributed by atoms with E-state index in [2.05, 4.69) is 62.6 Å². The predicted molar refractivity (Wildman–Crippen MR) is 101 cm³/mol. The first kappa shape index (κ1) is 15.9. The molecule has 3 nitrogen and oxygen atoms in total. The van der Waals surface area contributed by atoms with E-state index in [0.29, 0.717) is 6.04 Å². The van der Waals surface area contributed by atoms with Gasteiger partial charge in [0.1, 0.15) is 5.82 Å². The molecule has 0 spiro atoms. The summed E-state index contributed by atoms with van der Waals surface area (Å²) < 4.78 is 2.40. The molecule has 0 bridgehead atoms. The molecule has 0 unspecified atom stereocenters. The number of rotatable bonds is 8. The number of nitrogens with zero attached hydrogens (tertiary/aromatic N) is 3. The predicted octanol–water partition coefficient (Wildman–Crippen LogP) is 4.99. The van der Waals surface area contributed by atoms with Crippen LogP contribution in [0.3, 0.4) is 0 Å². The third kappa shape index (κ3) is 3.90. The Labute approximate surface area is 151 Å². The van der Waals surface area contributed by atoms with Gasteiger partial charge in [-0.1, -0.05) is 48.2 Å². The number of hydrogen-bond donors (Lipinski definition) is 0. The molecule has 4 rings (SSSR count). The van der Waals surface area contributed by atoms with Crippen LogP contribution < -0.4 is 0 Å². The van der Waals surface area contributed by atoms with Gasteiger partial charge >= 0.3 is 0 Å². The number of hydrogen-bond acceptors (Lipinski definition) is 4. The lowest BCUT2D eigenvalue weighted by Crippen LogP contribution is -2.03. The van der Waals surface area contributed by atoms with Crippen LogP contribution in [0.25, 0.3) is 0 Å². The molecule has 0 radical (unpaired) electrons. The SMILES string of the molecule is c1ccc(CCCSc2nnc(Cc3cccs3)n2C2CC2)cc1. The van der Waals surface area contributed by atoms with E-state index in [0.717, 1.165) is 29.6 Å². The maximum absolute atomic E-state index is 4.49. The summed E-state index contributed by atoms with van der Waals surface area (Å²) in [6.07, 6.45) is 5.76. The minimum atomic E-state index is 0.631. The van der Waals surface area contributed by atoms with Crippen molar-refractivity contribution in [2.24, 2.45) is 0 Å². The standard InChI is InChI=1S/C19H21N3S2/c1-2-6-15(7-3-1)8-4-13-24-19-21-20-18(22(19)16-10-11-16)14-17-9-5-12-23-17/h1-3,5-7,9,12,16H,4,8,10-11,13-14H2. The molecule has 1 aliphatic carbocycles. The largest absolute Gasteiger partial charge is 0.303 e. The zero-order valence-electron chi connectivity index (χ0n) is 13.6. The number of benzene rings is 1. The molecule has 5 heteroatoms. The summed E-state index contributed by atoms with van der Waals surface area (Å²) in [7, 11) is 0. The summed E-state index contributed by atoms with van der Waals surface area (Å²) in [6, 6.07) is 15.6. The average molecular weight is 356 g/mol. The van der Waals surface area contributed by atoms with Crippen molar-refractivity contribution in [1.29, 1.82) is 0 Å². The lowest BCUT2D eigenvalue weighted by atomic mass is 10.1. The van der Waals surface area contributed by atoms with E-state index in [1.807, 2.05) is 11.8 Å². The normalized spacial score (nSPS) is 14.2. The molecule has 1 aliphatic rings. The number of thiophene rings is 1. The average Bonchev–Trinajstić information content (AvgIpc) is 3.17. The third-order valence-electron chi connectivity index (χ3n) is 4.24. The van der Waals surface area contributed by atoms with Crippen LogP contribution in [0.1, 0.15) is 41.6 Å². The van der Waals surface area contributed by atoms with Gasteiger partial charge in [0, 0.05) is 23.1 Å². The number of aromatic nitrogens is 3. The summed E-state index contributed by atoms with van der Waals surface area (Å²) in [5.74, 6) is 2.23. The minimum absolute atomic E-state index is 0.631. The molecule has 1 aromatic carbocycles. The van der Waals surface area contributed by atoms with Crippen LogP contribution in [0.5, 0.6) is 0 Å². The summed E-state index contributed by atoms with van der Waals surface area (Å²) in [5.41, 5.74) is 1.42. The highest BCUT2D eigenvalue weighted by Gasteiger charge is 2.29. The van der Waals surface area contributed by atoms with Crippen molar-refractivity contribution < 1.29 is 0 Å². The Morgan fingerprint density at radius 3 is 2.71 bits per heavy atom. The second-order valence-electron chi connectivity index (χ2n) is 6.19. The van der Waals surface area contributed by atoms with Gasteiger partial charge in [-0.2, -0.15) is 0 Å². The maximum Gasteiger partial charge on any atom is 0.191 e. The van der Waals surface area contributed by atoms with Crippen LogP contribution in [0.15, 0.2) is 53.0 Å². The lowest BCUT2D eigenvalue weighted by Gasteiger charge is -2.08. The van der Waals surface area contributed by atoms with E-state index in [9.17, 15) is 0 Å². The molecule has 2 aromatic heterocycles. The Kier molecular flexibility index (Phi) is 4.99. The van der Waals surface area contributed by atoms with Gasteiger partial charge in [0.2, 0.25) is 0 Å². The molecule has 0 atom stereocenters. The molecule has 3 aromatic rings. The van der Waals surface area contributed by atoms with E-state index in [1.54, 1.807) is 11.3 Å². The van der Waals surface area contributed by atoms with Crippen molar-refractivity contribution in [2.75, 3.05) is 5.75 Å². The Balaban J connectivity index is 1.37. The first-order chi connectivity index (χ1) is 11.9. The van der Waals surface area contributed by atoms with Crippen molar-refractivity contribution in [3.8, 4) is 0 Å². The molecule has 0 saturated heterocycles. The fraction of sp³-hybridized carbons (Fsp3) is 0.368. The van der Waals surface area contributed by atoms with Gasteiger partial charge in [0.15, 0.2) is 5.16 Å². The van der Waals surface area contributed by atoms with Crippen LogP contribution in [-0.2, 0) is 12.8 Å². The van der Waals surface area contributed by atoms with Crippen molar-refractivity contribution in [2.45, 2.75) is 43.3 Å². The molecule has 1 fully saturated rings. The van der Waals surface area contributed by atoms with E-state index in [-0.39, 0.29) is 0 Å².